The summed E-state index contributed by atoms with van der Waals surface area (Å²) in [4.78, 5) is 0.972. The summed E-state index contributed by atoms with van der Waals surface area (Å²) in [5, 5.41) is 0. The van der Waals surface area contributed by atoms with E-state index in [2.05, 4.69) is 24.8 Å². The molecule has 0 atom stereocenters. The lowest BCUT2D eigenvalue weighted by Crippen LogP contribution is -2.05. The Morgan fingerprint density at radius 1 is 1.00 bits per heavy atom. The Bertz CT molecular complexity index is 520. The third-order valence-electron chi connectivity index (χ3n) is 2.67. The van der Waals surface area contributed by atoms with Gasteiger partial charge in [-0.3, -0.25) is 0 Å². The smallest absolute Gasteiger partial charge is 0.128 e. The molecule has 0 radical (unpaired) electrons. The van der Waals surface area contributed by atoms with Crippen LogP contribution in [0, 0.1) is 0 Å². The van der Waals surface area contributed by atoms with Gasteiger partial charge in [0.05, 0.1) is 0 Å². The van der Waals surface area contributed by atoms with Crippen LogP contribution in [0.2, 0.25) is 0 Å². The maximum Gasteiger partial charge on any atom is 0.128 e. The molecule has 0 N–H and O–H groups in total. The molecule has 1 aliphatic rings. The summed E-state index contributed by atoms with van der Waals surface area (Å²) in [5.41, 5.74) is 3.58. The summed E-state index contributed by atoms with van der Waals surface area (Å²) in [6.45, 7) is 0.653. The summed E-state index contributed by atoms with van der Waals surface area (Å²) in [7, 11) is 0. The minimum atomic E-state index is 0.653. The van der Waals surface area contributed by atoms with Gasteiger partial charge in [-0.15, -0.1) is 12.6 Å². The van der Waals surface area contributed by atoms with E-state index < -0.39 is 0 Å². The molecular weight excluding hydrogens is 204 g/mol. The molecule has 15 heavy (non-hydrogen) atoms. The highest BCUT2D eigenvalue weighted by atomic mass is 32.1. The zero-order chi connectivity index (χ0) is 10.3. The molecule has 0 aliphatic carbocycles. The molecule has 0 aromatic heterocycles. The molecule has 0 fully saturated rings. The Morgan fingerprint density at radius 3 is 2.80 bits per heavy atom. The third kappa shape index (κ3) is 1.33. The zero-order valence-corrected chi connectivity index (χ0v) is 9.00. The maximum atomic E-state index is 5.68. The minimum absolute atomic E-state index is 0.653. The van der Waals surface area contributed by atoms with Gasteiger partial charge in [0, 0.05) is 10.5 Å². The summed E-state index contributed by atoms with van der Waals surface area (Å²) in [6.07, 6.45) is 0. The lowest BCUT2D eigenvalue weighted by Gasteiger charge is -2.21. The molecule has 2 aromatic carbocycles. The SMILES string of the molecule is Sc1cccc2c1-c1ccccc1CO2. The molecule has 1 heterocycles. The molecule has 0 spiro atoms. The van der Waals surface area contributed by atoms with Gasteiger partial charge in [0.2, 0.25) is 0 Å². The second-order valence-electron chi connectivity index (χ2n) is 3.60. The lowest BCUT2D eigenvalue weighted by molar-refractivity contribution is 0.301. The molecule has 3 rings (SSSR count). The molecule has 74 valence electrons. The maximum absolute atomic E-state index is 5.68. The fourth-order valence-electron chi connectivity index (χ4n) is 1.96. The van der Waals surface area contributed by atoms with Gasteiger partial charge >= 0.3 is 0 Å². The molecule has 2 heteroatoms. The van der Waals surface area contributed by atoms with Gasteiger partial charge in [-0.1, -0.05) is 30.3 Å². The van der Waals surface area contributed by atoms with Crippen molar-refractivity contribution in [2.45, 2.75) is 11.5 Å². The number of thiol groups is 1. The number of rotatable bonds is 0. The molecule has 1 aliphatic heterocycles. The first-order chi connectivity index (χ1) is 7.36. The average Bonchev–Trinajstić information content (AvgIpc) is 2.29. The van der Waals surface area contributed by atoms with Crippen molar-refractivity contribution in [1.29, 1.82) is 0 Å². The van der Waals surface area contributed by atoms with Crippen molar-refractivity contribution in [2.24, 2.45) is 0 Å². The number of fused-ring (bicyclic) bond motifs is 3. The molecule has 0 bridgehead atoms. The Labute approximate surface area is 94.1 Å². The summed E-state index contributed by atoms with van der Waals surface area (Å²) < 4.78 is 5.68. The summed E-state index contributed by atoms with van der Waals surface area (Å²) >= 11 is 4.48. The van der Waals surface area contributed by atoms with E-state index in [-0.39, 0.29) is 0 Å². The second-order valence-corrected chi connectivity index (χ2v) is 4.08. The van der Waals surface area contributed by atoms with Crippen LogP contribution in [0.1, 0.15) is 5.56 Å². The fourth-order valence-corrected chi connectivity index (χ4v) is 2.27. The molecular formula is C13H10OS. The van der Waals surface area contributed by atoms with Crippen LogP contribution in [-0.4, -0.2) is 0 Å². The van der Waals surface area contributed by atoms with Crippen LogP contribution in [0.3, 0.4) is 0 Å². The van der Waals surface area contributed by atoms with Crippen molar-refractivity contribution >= 4 is 12.6 Å². The van der Waals surface area contributed by atoms with Gasteiger partial charge in [0.1, 0.15) is 12.4 Å². The highest BCUT2D eigenvalue weighted by Crippen LogP contribution is 2.40. The average molecular weight is 214 g/mol. The van der Waals surface area contributed by atoms with E-state index >= 15 is 0 Å². The first kappa shape index (κ1) is 8.86. The normalized spacial score (nSPS) is 12.6. The first-order valence-corrected chi connectivity index (χ1v) is 5.34. The van der Waals surface area contributed by atoms with Crippen LogP contribution in [0.4, 0.5) is 0 Å². The van der Waals surface area contributed by atoms with E-state index in [4.69, 9.17) is 4.74 Å². The number of hydrogen-bond acceptors (Lipinski definition) is 2. The highest BCUT2D eigenvalue weighted by Gasteiger charge is 2.18. The van der Waals surface area contributed by atoms with E-state index in [1.807, 2.05) is 30.3 Å². The number of benzene rings is 2. The highest BCUT2D eigenvalue weighted by molar-refractivity contribution is 7.80. The van der Waals surface area contributed by atoms with Gasteiger partial charge in [0.15, 0.2) is 0 Å². The van der Waals surface area contributed by atoms with Crippen LogP contribution >= 0.6 is 12.6 Å². The van der Waals surface area contributed by atoms with E-state index in [1.54, 1.807) is 0 Å². The minimum Gasteiger partial charge on any atom is -0.488 e. The van der Waals surface area contributed by atoms with Gasteiger partial charge in [-0.05, 0) is 23.3 Å². The molecule has 0 saturated heterocycles. The van der Waals surface area contributed by atoms with E-state index in [0.717, 1.165) is 16.2 Å². The van der Waals surface area contributed by atoms with Gasteiger partial charge in [-0.25, -0.2) is 0 Å². The van der Waals surface area contributed by atoms with Crippen molar-refractivity contribution in [3.8, 4) is 16.9 Å². The van der Waals surface area contributed by atoms with Gasteiger partial charge in [-0.2, -0.15) is 0 Å². The van der Waals surface area contributed by atoms with Crippen molar-refractivity contribution < 1.29 is 4.74 Å². The van der Waals surface area contributed by atoms with E-state index in [1.165, 1.54) is 11.1 Å². The van der Waals surface area contributed by atoms with Gasteiger partial charge < -0.3 is 4.74 Å². The van der Waals surface area contributed by atoms with E-state index in [9.17, 15) is 0 Å². The van der Waals surface area contributed by atoms with Crippen LogP contribution in [0.5, 0.6) is 5.75 Å². The topological polar surface area (TPSA) is 9.23 Å². The van der Waals surface area contributed by atoms with Crippen LogP contribution in [0.25, 0.3) is 11.1 Å². The van der Waals surface area contributed by atoms with Gasteiger partial charge in [0.25, 0.3) is 0 Å². The summed E-state index contributed by atoms with van der Waals surface area (Å²) in [5.74, 6) is 0.932. The quantitative estimate of drug-likeness (QED) is 0.660. The van der Waals surface area contributed by atoms with Crippen LogP contribution in [0.15, 0.2) is 47.4 Å². The predicted molar refractivity (Wildman–Crippen MR) is 63.5 cm³/mol. The largest absolute Gasteiger partial charge is 0.488 e. The number of hydrogen-bond donors (Lipinski definition) is 1. The van der Waals surface area contributed by atoms with Crippen LogP contribution < -0.4 is 4.74 Å². The Kier molecular flexibility index (Phi) is 1.96. The monoisotopic (exact) mass is 214 g/mol. The molecule has 0 amide bonds. The third-order valence-corrected chi connectivity index (χ3v) is 3.05. The van der Waals surface area contributed by atoms with Crippen molar-refractivity contribution in [2.75, 3.05) is 0 Å². The summed E-state index contributed by atoms with van der Waals surface area (Å²) in [6, 6.07) is 14.3. The fraction of sp³-hybridized carbons (Fsp3) is 0.0769. The molecule has 0 unspecified atom stereocenters. The Morgan fingerprint density at radius 2 is 1.87 bits per heavy atom. The molecule has 1 nitrogen and oxygen atoms in total. The predicted octanol–water partition coefficient (Wildman–Crippen LogP) is 3.53. The standard InChI is InChI=1S/C13H10OS/c15-12-7-3-6-11-13(12)10-5-2-1-4-9(10)8-14-11/h1-7,15H,8H2. The first-order valence-electron chi connectivity index (χ1n) is 4.89. The number of ether oxygens (including phenoxy) is 1. The zero-order valence-electron chi connectivity index (χ0n) is 8.10. The lowest BCUT2D eigenvalue weighted by atomic mass is 9.97. The van der Waals surface area contributed by atoms with Crippen molar-refractivity contribution in [3.63, 3.8) is 0 Å². The van der Waals surface area contributed by atoms with Crippen molar-refractivity contribution in [1.82, 2.24) is 0 Å². The van der Waals surface area contributed by atoms with Crippen LogP contribution in [-0.2, 0) is 6.61 Å². The molecule has 0 saturated carbocycles. The second kappa shape index (κ2) is 3.31. The van der Waals surface area contributed by atoms with Crippen molar-refractivity contribution in [3.05, 3.63) is 48.0 Å². The van der Waals surface area contributed by atoms with E-state index in [0.29, 0.717) is 6.61 Å². The Balaban J connectivity index is 2.33. The molecule has 2 aromatic rings. The Hall–Kier alpha value is -1.41.